The molecule has 3 nitrogen and oxygen atoms in total. The minimum atomic E-state index is 0.236. The Kier molecular flexibility index (Phi) is 4.88. The van der Waals surface area contributed by atoms with Crippen molar-refractivity contribution >= 4 is 23.4 Å². The van der Waals surface area contributed by atoms with Gasteiger partial charge in [0.25, 0.3) is 0 Å². The van der Waals surface area contributed by atoms with E-state index in [2.05, 4.69) is 72.4 Å². The fraction of sp³-hybridized carbons (Fsp3) is 0.368. The summed E-state index contributed by atoms with van der Waals surface area (Å²) in [4.78, 5) is 10.7. The first-order chi connectivity index (χ1) is 11.3. The summed E-state index contributed by atoms with van der Waals surface area (Å²) in [5, 5.41) is 2.95. The Hall–Kier alpha value is -1.52. The van der Waals surface area contributed by atoms with Gasteiger partial charge in [-0.1, -0.05) is 32.9 Å². The van der Waals surface area contributed by atoms with E-state index in [0.29, 0.717) is 5.37 Å². The fourth-order valence-electron chi connectivity index (χ4n) is 2.91. The van der Waals surface area contributed by atoms with Gasteiger partial charge >= 0.3 is 0 Å². The average molecular weight is 360 g/mol. The van der Waals surface area contributed by atoms with Crippen LogP contribution in [0.15, 0.2) is 42.1 Å². The molecule has 0 fully saturated rings. The monoisotopic (exact) mass is 359 g/mol. The second-order valence-electron chi connectivity index (χ2n) is 7.16. The van der Waals surface area contributed by atoms with Crippen molar-refractivity contribution < 1.29 is 0 Å². The van der Waals surface area contributed by atoms with Crippen molar-refractivity contribution in [3.05, 3.63) is 58.5 Å². The van der Waals surface area contributed by atoms with E-state index < -0.39 is 0 Å². The van der Waals surface area contributed by atoms with Gasteiger partial charge in [0, 0.05) is 24.5 Å². The Balaban J connectivity index is 1.82. The molecule has 0 amide bonds. The number of hydrogen-bond acceptors (Lipinski definition) is 4. The van der Waals surface area contributed by atoms with E-state index in [1.165, 1.54) is 11.1 Å². The number of hydrogen-bond donors (Lipinski definition) is 0. The Morgan fingerprint density at radius 3 is 2.71 bits per heavy atom. The third-order valence-electron chi connectivity index (χ3n) is 4.12. The molecule has 3 rings (SSSR count). The zero-order valence-corrected chi connectivity index (χ0v) is 16.0. The van der Waals surface area contributed by atoms with Crippen molar-refractivity contribution in [2.45, 2.75) is 39.6 Å². The van der Waals surface area contributed by atoms with Crippen molar-refractivity contribution in [3.8, 4) is 11.3 Å². The van der Waals surface area contributed by atoms with Crippen LogP contribution in [-0.4, -0.2) is 20.2 Å². The minimum absolute atomic E-state index is 0.236. The van der Waals surface area contributed by atoms with Crippen molar-refractivity contribution in [3.63, 3.8) is 0 Å². The molecule has 2 heterocycles. The highest BCUT2D eigenvalue weighted by Crippen LogP contribution is 2.39. The van der Waals surface area contributed by atoms with E-state index in [9.17, 15) is 0 Å². The summed E-state index contributed by atoms with van der Waals surface area (Å²) in [7, 11) is 0. The van der Waals surface area contributed by atoms with E-state index >= 15 is 0 Å². The van der Waals surface area contributed by atoms with Gasteiger partial charge in [0.1, 0.15) is 0 Å². The second kappa shape index (κ2) is 6.77. The van der Waals surface area contributed by atoms with Crippen LogP contribution in [0.2, 0.25) is 5.28 Å². The molecule has 0 radical (unpaired) electrons. The Labute approximate surface area is 153 Å². The third kappa shape index (κ3) is 3.76. The SMILES string of the molecule is Cc1cc(-c2ccnc(Cl)n2)ccc1CN1C=CSC1C(C)(C)C. The topological polar surface area (TPSA) is 29.0 Å². The van der Waals surface area contributed by atoms with Gasteiger partial charge in [-0.15, -0.1) is 11.8 Å². The zero-order chi connectivity index (χ0) is 17.3. The van der Waals surface area contributed by atoms with Crippen LogP contribution < -0.4 is 0 Å². The quantitative estimate of drug-likeness (QED) is 0.677. The number of thioether (sulfide) groups is 1. The molecule has 126 valence electrons. The third-order valence-corrected chi connectivity index (χ3v) is 5.82. The van der Waals surface area contributed by atoms with Crippen LogP contribution >= 0.6 is 23.4 Å². The maximum Gasteiger partial charge on any atom is 0.222 e. The molecular weight excluding hydrogens is 338 g/mol. The average Bonchev–Trinajstić information content (AvgIpc) is 2.98. The lowest BCUT2D eigenvalue weighted by Gasteiger charge is -2.35. The molecule has 0 bridgehead atoms. The standard InChI is InChI=1S/C19H22ClN3S/c1-13-11-14(16-7-8-21-18(20)22-16)5-6-15(13)12-23-9-10-24-17(23)19(2,3)4/h5-11,17H,12H2,1-4H3. The second-order valence-corrected chi connectivity index (χ2v) is 8.49. The highest BCUT2D eigenvalue weighted by molar-refractivity contribution is 8.02. The van der Waals surface area contributed by atoms with Gasteiger partial charge in [0.05, 0.1) is 11.1 Å². The molecule has 1 aromatic heterocycles. The van der Waals surface area contributed by atoms with Crippen LogP contribution in [0.1, 0.15) is 31.9 Å². The van der Waals surface area contributed by atoms with Gasteiger partial charge in [-0.3, -0.25) is 0 Å². The van der Waals surface area contributed by atoms with Gasteiger partial charge in [0.2, 0.25) is 5.28 Å². The molecule has 0 aliphatic carbocycles. The van der Waals surface area contributed by atoms with Gasteiger partial charge in [-0.05, 0) is 52.6 Å². The molecule has 0 N–H and O–H groups in total. The van der Waals surface area contributed by atoms with Crippen LogP contribution in [-0.2, 0) is 6.54 Å². The van der Waals surface area contributed by atoms with Crippen LogP contribution in [0, 0.1) is 12.3 Å². The maximum absolute atomic E-state index is 5.90. The van der Waals surface area contributed by atoms with Gasteiger partial charge in [-0.2, -0.15) is 0 Å². The van der Waals surface area contributed by atoms with Crippen molar-refractivity contribution in [1.82, 2.24) is 14.9 Å². The molecule has 2 aromatic rings. The van der Waals surface area contributed by atoms with Gasteiger partial charge in [0.15, 0.2) is 0 Å². The highest BCUT2D eigenvalue weighted by Gasteiger charge is 2.31. The smallest absolute Gasteiger partial charge is 0.222 e. The molecule has 1 atom stereocenters. The minimum Gasteiger partial charge on any atom is -0.360 e. The molecule has 0 spiro atoms. The molecule has 5 heteroatoms. The lowest BCUT2D eigenvalue weighted by molar-refractivity contribution is 0.220. The van der Waals surface area contributed by atoms with E-state index in [-0.39, 0.29) is 10.7 Å². The molecule has 0 saturated carbocycles. The summed E-state index contributed by atoms with van der Waals surface area (Å²) < 4.78 is 0. The fourth-order valence-corrected chi connectivity index (χ4v) is 4.14. The summed E-state index contributed by atoms with van der Waals surface area (Å²) in [5.41, 5.74) is 4.76. The number of nitrogens with zero attached hydrogens (tertiary/aromatic N) is 3. The number of aryl methyl sites for hydroxylation is 1. The van der Waals surface area contributed by atoms with Gasteiger partial charge < -0.3 is 4.90 Å². The summed E-state index contributed by atoms with van der Waals surface area (Å²) in [6.45, 7) is 9.95. The summed E-state index contributed by atoms with van der Waals surface area (Å²) in [6, 6.07) is 8.36. The van der Waals surface area contributed by atoms with E-state index in [4.69, 9.17) is 11.6 Å². The van der Waals surface area contributed by atoms with Crippen LogP contribution in [0.25, 0.3) is 11.3 Å². The van der Waals surface area contributed by atoms with Crippen molar-refractivity contribution in [1.29, 1.82) is 0 Å². The van der Waals surface area contributed by atoms with E-state index in [0.717, 1.165) is 17.8 Å². The first-order valence-electron chi connectivity index (χ1n) is 8.01. The molecule has 0 saturated heterocycles. The number of aromatic nitrogens is 2. The summed E-state index contributed by atoms with van der Waals surface area (Å²) in [6.07, 6.45) is 3.90. The highest BCUT2D eigenvalue weighted by atomic mass is 35.5. The normalized spacial score (nSPS) is 17.5. The van der Waals surface area contributed by atoms with Crippen LogP contribution in [0.3, 0.4) is 0 Å². The number of rotatable bonds is 3. The number of benzene rings is 1. The summed E-state index contributed by atoms with van der Waals surface area (Å²) >= 11 is 7.80. The lowest BCUT2D eigenvalue weighted by atomic mass is 9.95. The molecule has 1 unspecified atom stereocenters. The van der Waals surface area contributed by atoms with Gasteiger partial charge in [-0.25, -0.2) is 9.97 Å². The van der Waals surface area contributed by atoms with Crippen LogP contribution in [0.5, 0.6) is 0 Å². The molecule has 1 aliphatic heterocycles. The Bertz CT molecular complexity index is 767. The Morgan fingerprint density at radius 1 is 1.25 bits per heavy atom. The Morgan fingerprint density at radius 2 is 2.04 bits per heavy atom. The van der Waals surface area contributed by atoms with Crippen LogP contribution in [0.4, 0.5) is 0 Å². The summed E-state index contributed by atoms with van der Waals surface area (Å²) in [5.74, 6) is 0. The largest absolute Gasteiger partial charge is 0.360 e. The first kappa shape index (κ1) is 17.3. The number of halogens is 1. The molecule has 1 aromatic carbocycles. The zero-order valence-electron chi connectivity index (χ0n) is 14.5. The molecule has 24 heavy (non-hydrogen) atoms. The predicted molar refractivity (Wildman–Crippen MR) is 103 cm³/mol. The predicted octanol–water partition coefficient (Wildman–Crippen LogP) is 5.50. The van der Waals surface area contributed by atoms with E-state index in [1.54, 1.807) is 6.20 Å². The lowest BCUT2D eigenvalue weighted by Crippen LogP contribution is -2.35. The molecule has 1 aliphatic rings. The van der Waals surface area contributed by atoms with E-state index in [1.807, 2.05) is 17.8 Å². The molecular formula is C19H22ClN3S. The maximum atomic E-state index is 5.90. The van der Waals surface area contributed by atoms with Crippen molar-refractivity contribution in [2.24, 2.45) is 5.41 Å². The van der Waals surface area contributed by atoms with Crippen molar-refractivity contribution in [2.75, 3.05) is 0 Å². The first-order valence-corrected chi connectivity index (χ1v) is 9.33.